The second-order valence-corrected chi connectivity index (χ2v) is 9.06. The van der Waals surface area contributed by atoms with Gasteiger partial charge in [0.1, 0.15) is 5.82 Å². The Labute approximate surface area is 189 Å². The molecule has 1 aliphatic heterocycles. The van der Waals surface area contributed by atoms with Crippen LogP contribution in [0.25, 0.3) is 5.82 Å². The van der Waals surface area contributed by atoms with Crippen molar-refractivity contribution in [3.8, 4) is 5.82 Å². The van der Waals surface area contributed by atoms with Gasteiger partial charge in [0.15, 0.2) is 5.11 Å². The van der Waals surface area contributed by atoms with E-state index in [1.54, 1.807) is 0 Å². The van der Waals surface area contributed by atoms with Gasteiger partial charge in [-0.15, -0.1) is 0 Å². The van der Waals surface area contributed by atoms with E-state index in [0.717, 1.165) is 16.6 Å². The monoisotopic (exact) mass is 431 g/mol. The standard InChI is InChI=1S/C25H29N5S/c1-17-16-20(18(2)29(17)22-13-7-9-15-27-22)24-23(21-12-6-8-14-26-21)28-25(31)30(24)19-10-4-3-5-11-19/h6-9,12-16,19,23-24H,3-5,10-11H2,1-2H3,(H,28,31)/t23-,24+/m1/s1. The molecular weight excluding hydrogens is 402 g/mol. The predicted molar refractivity (Wildman–Crippen MR) is 127 cm³/mol. The molecule has 0 aromatic carbocycles. The molecule has 4 heterocycles. The van der Waals surface area contributed by atoms with Crippen LogP contribution in [0.5, 0.6) is 0 Å². The van der Waals surface area contributed by atoms with Crippen LogP contribution in [0.3, 0.4) is 0 Å². The molecule has 1 aliphatic carbocycles. The number of nitrogens with one attached hydrogen (secondary N) is 1. The van der Waals surface area contributed by atoms with E-state index in [-0.39, 0.29) is 12.1 Å². The Kier molecular flexibility index (Phi) is 5.48. The first-order valence-corrected chi connectivity index (χ1v) is 11.7. The minimum absolute atomic E-state index is 0.0355. The Hall–Kier alpha value is -2.73. The van der Waals surface area contributed by atoms with Gasteiger partial charge in [-0.25, -0.2) is 4.98 Å². The zero-order valence-electron chi connectivity index (χ0n) is 18.2. The van der Waals surface area contributed by atoms with Crippen LogP contribution in [0.1, 0.15) is 66.8 Å². The van der Waals surface area contributed by atoms with E-state index < -0.39 is 0 Å². The van der Waals surface area contributed by atoms with Gasteiger partial charge in [-0.2, -0.15) is 0 Å². The van der Waals surface area contributed by atoms with Gasteiger partial charge in [0, 0.05) is 29.8 Å². The first-order valence-electron chi connectivity index (χ1n) is 11.2. The fourth-order valence-electron chi connectivity index (χ4n) is 5.38. The third-order valence-corrected chi connectivity index (χ3v) is 7.10. The van der Waals surface area contributed by atoms with Crippen LogP contribution in [0.15, 0.2) is 54.9 Å². The Morgan fingerprint density at radius 3 is 2.39 bits per heavy atom. The number of hydrogen-bond acceptors (Lipinski definition) is 3. The first kappa shape index (κ1) is 20.2. The Morgan fingerprint density at radius 2 is 1.71 bits per heavy atom. The lowest BCUT2D eigenvalue weighted by Gasteiger charge is -2.37. The number of rotatable bonds is 4. The number of aromatic nitrogens is 3. The van der Waals surface area contributed by atoms with Crippen LogP contribution < -0.4 is 5.32 Å². The highest BCUT2D eigenvalue weighted by Gasteiger charge is 2.44. The van der Waals surface area contributed by atoms with Gasteiger partial charge in [-0.3, -0.25) is 4.98 Å². The highest BCUT2D eigenvalue weighted by Crippen LogP contribution is 2.44. The van der Waals surface area contributed by atoms with Crippen LogP contribution in [0.4, 0.5) is 0 Å². The molecule has 1 saturated carbocycles. The van der Waals surface area contributed by atoms with Gasteiger partial charge < -0.3 is 14.8 Å². The molecule has 2 fully saturated rings. The molecule has 5 nitrogen and oxygen atoms in total. The SMILES string of the molecule is Cc1cc([C@H]2[C@@H](c3ccccn3)NC(=S)N2C2CCCCC2)c(C)n1-c1ccccn1. The van der Waals surface area contributed by atoms with Crippen molar-refractivity contribution >= 4 is 17.3 Å². The van der Waals surface area contributed by atoms with Crippen molar-refractivity contribution in [2.75, 3.05) is 0 Å². The maximum absolute atomic E-state index is 5.92. The summed E-state index contributed by atoms with van der Waals surface area (Å²) in [7, 11) is 0. The summed E-state index contributed by atoms with van der Waals surface area (Å²) in [6.45, 7) is 4.36. The lowest BCUT2D eigenvalue weighted by atomic mass is 9.90. The fraction of sp³-hybridized carbons (Fsp3) is 0.400. The zero-order chi connectivity index (χ0) is 21.4. The third kappa shape index (κ3) is 3.63. The zero-order valence-corrected chi connectivity index (χ0v) is 19.0. The first-order chi connectivity index (χ1) is 15.1. The largest absolute Gasteiger partial charge is 0.352 e. The van der Waals surface area contributed by atoms with Crippen molar-refractivity contribution in [1.82, 2.24) is 24.8 Å². The van der Waals surface area contributed by atoms with Crippen LogP contribution in [0, 0.1) is 13.8 Å². The average molecular weight is 432 g/mol. The minimum Gasteiger partial charge on any atom is -0.352 e. The van der Waals surface area contributed by atoms with Crippen LogP contribution >= 0.6 is 12.2 Å². The summed E-state index contributed by atoms with van der Waals surface area (Å²) >= 11 is 5.92. The van der Waals surface area contributed by atoms with Gasteiger partial charge in [0.2, 0.25) is 0 Å². The molecular formula is C25H29N5S. The molecule has 0 unspecified atom stereocenters. The summed E-state index contributed by atoms with van der Waals surface area (Å²) in [5.74, 6) is 0.955. The van der Waals surface area contributed by atoms with Crippen molar-refractivity contribution in [3.63, 3.8) is 0 Å². The summed E-state index contributed by atoms with van der Waals surface area (Å²) in [4.78, 5) is 11.8. The number of hydrogen-bond donors (Lipinski definition) is 1. The molecule has 1 saturated heterocycles. The van der Waals surface area contributed by atoms with Crippen LogP contribution in [0.2, 0.25) is 0 Å². The van der Waals surface area contributed by atoms with E-state index in [2.05, 4.69) is 57.9 Å². The van der Waals surface area contributed by atoms with E-state index in [4.69, 9.17) is 17.2 Å². The van der Waals surface area contributed by atoms with Crippen LogP contribution in [-0.2, 0) is 0 Å². The van der Waals surface area contributed by atoms with Gasteiger partial charge in [0.25, 0.3) is 0 Å². The molecule has 0 spiro atoms. The van der Waals surface area contributed by atoms with E-state index in [1.165, 1.54) is 49.1 Å². The molecule has 6 heteroatoms. The summed E-state index contributed by atoms with van der Waals surface area (Å²) in [5.41, 5.74) is 4.74. The van der Waals surface area contributed by atoms with Crippen molar-refractivity contribution in [2.24, 2.45) is 0 Å². The van der Waals surface area contributed by atoms with Gasteiger partial charge in [0.05, 0.1) is 17.8 Å². The van der Waals surface area contributed by atoms with Crippen molar-refractivity contribution < 1.29 is 0 Å². The fourth-order valence-corrected chi connectivity index (χ4v) is 5.77. The predicted octanol–water partition coefficient (Wildman–Crippen LogP) is 5.19. The van der Waals surface area contributed by atoms with Gasteiger partial charge in [-0.05, 0) is 74.8 Å². The molecule has 0 bridgehead atoms. The van der Waals surface area contributed by atoms with Gasteiger partial charge >= 0.3 is 0 Å². The summed E-state index contributed by atoms with van der Waals surface area (Å²) < 4.78 is 2.26. The Bertz CT molecular complexity index is 1060. The summed E-state index contributed by atoms with van der Waals surface area (Å²) in [6.07, 6.45) is 10.0. The highest BCUT2D eigenvalue weighted by atomic mass is 32.1. The van der Waals surface area contributed by atoms with E-state index in [0.29, 0.717) is 6.04 Å². The average Bonchev–Trinajstić information content (AvgIpc) is 3.30. The lowest BCUT2D eigenvalue weighted by molar-refractivity contribution is 0.197. The Morgan fingerprint density at radius 1 is 0.968 bits per heavy atom. The normalized spacial score (nSPS) is 22.0. The topological polar surface area (TPSA) is 46.0 Å². The molecule has 3 aromatic heterocycles. The lowest BCUT2D eigenvalue weighted by Crippen LogP contribution is -2.40. The van der Waals surface area contributed by atoms with E-state index in [9.17, 15) is 0 Å². The molecule has 2 atom stereocenters. The van der Waals surface area contributed by atoms with Crippen molar-refractivity contribution in [1.29, 1.82) is 0 Å². The quantitative estimate of drug-likeness (QED) is 0.576. The number of thiocarbonyl (C=S) groups is 1. The van der Waals surface area contributed by atoms with Crippen molar-refractivity contribution in [3.05, 3.63) is 77.5 Å². The second-order valence-electron chi connectivity index (χ2n) is 8.68. The molecule has 2 aliphatic rings. The third-order valence-electron chi connectivity index (χ3n) is 6.77. The molecule has 5 rings (SSSR count). The maximum atomic E-state index is 5.92. The number of pyridine rings is 2. The maximum Gasteiger partial charge on any atom is 0.170 e. The molecule has 3 aromatic rings. The van der Waals surface area contributed by atoms with E-state index >= 15 is 0 Å². The molecule has 31 heavy (non-hydrogen) atoms. The Balaban J connectivity index is 1.62. The molecule has 0 radical (unpaired) electrons. The van der Waals surface area contributed by atoms with E-state index in [1.807, 2.05) is 30.6 Å². The number of nitrogens with zero attached hydrogens (tertiary/aromatic N) is 4. The smallest absolute Gasteiger partial charge is 0.170 e. The molecule has 1 N–H and O–H groups in total. The number of aryl methyl sites for hydroxylation is 1. The van der Waals surface area contributed by atoms with Crippen LogP contribution in [-0.4, -0.2) is 30.6 Å². The summed E-state index contributed by atoms with van der Waals surface area (Å²) in [5, 5.41) is 4.49. The highest BCUT2D eigenvalue weighted by molar-refractivity contribution is 7.80. The second kappa shape index (κ2) is 8.42. The van der Waals surface area contributed by atoms with Crippen molar-refractivity contribution in [2.45, 2.75) is 64.1 Å². The molecule has 160 valence electrons. The summed E-state index contributed by atoms with van der Waals surface area (Å²) in [6, 6.07) is 15.1. The molecule has 0 amide bonds. The van der Waals surface area contributed by atoms with Gasteiger partial charge in [-0.1, -0.05) is 31.4 Å². The minimum atomic E-state index is 0.0355.